The van der Waals surface area contributed by atoms with E-state index >= 15 is 0 Å². The van der Waals surface area contributed by atoms with Crippen molar-refractivity contribution >= 4 is 40.8 Å². The molecule has 0 radical (unpaired) electrons. The number of nitrogens with one attached hydrogen (secondary N) is 2. The minimum Gasteiger partial charge on any atom is -0.481 e. The number of rotatable bonds is 11. The second-order valence-electron chi connectivity index (χ2n) is 10.0. The molecule has 1 aliphatic carbocycles. The van der Waals surface area contributed by atoms with E-state index < -0.39 is 23.3 Å². The maximum absolute atomic E-state index is 13.5. The summed E-state index contributed by atoms with van der Waals surface area (Å²) in [6.07, 6.45) is 6.78. The van der Waals surface area contributed by atoms with Crippen molar-refractivity contribution in [2.45, 2.75) is 54.8 Å². The first-order valence-corrected chi connectivity index (χ1v) is 14.4. The van der Waals surface area contributed by atoms with E-state index in [-0.39, 0.29) is 35.5 Å². The number of carbonyl (C=O) groups is 3. The first-order chi connectivity index (χ1) is 20.1. The summed E-state index contributed by atoms with van der Waals surface area (Å²) in [5.74, 6) is -2.32. The highest BCUT2D eigenvalue weighted by atomic mass is 32.2. The molecule has 10 heteroatoms. The molecule has 1 aliphatic rings. The predicted molar refractivity (Wildman–Crippen MR) is 157 cm³/mol. The number of carbonyl (C=O) groups excluding carboxylic acids is 2. The number of hydrogen-bond acceptors (Lipinski definition) is 4. The van der Waals surface area contributed by atoms with Crippen LogP contribution < -0.4 is 10.6 Å². The molecule has 2 amide bonds. The van der Waals surface area contributed by atoms with Crippen molar-refractivity contribution in [2.24, 2.45) is 0 Å². The maximum atomic E-state index is 13.5. The number of anilines is 1. The van der Waals surface area contributed by atoms with Gasteiger partial charge in [-0.25, -0.2) is 0 Å². The number of alkyl halides is 3. The second kappa shape index (κ2) is 14.2. The molecule has 0 saturated heterocycles. The first kappa shape index (κ1) is 30.9. The Morgan fingerprint density at radius 2 is 1.60 bits per heavy atom. The number of allylic oxidation sites excluding steroid dienone is 2. The van der Waals surface area contributed by atoms with E-state index in [0.717, 1.165) is 36.0 Å². The predicted octanol–water partition coefficient (Wildman–Crippen LogP) is 7.43. The third-order valence-corrected chi connectivity index (χ3v) is 7.67. The molecular formula is C32H31F3N2O4S. The molecule has 6 nitrogen and oxygen atoms in total. The maximum Gasteiger partial charge on any atom is 0.446 e. The SMILES string of the molecule is O=C(O)CCNC(=O)c1ccc(CC(C(=O)Nc2ccc(SC(F)(F)F)cc2)c2ccc(C3=CCCCC3)cc2)cc1. The number of hydrogen-bond donors (Lipinski definition) is 3. The third-order valence-electron chi connectivity index (χ3n) is 6.93. The zero-order valence-corrected chi connectivity index (χ0v) is 23.6. The molecule has 1 unspecified atom stereocenters. The van der Waals surface area contributed by atoms with Crippen LogP contribution in [0.1, 0.15) is 65.1 Å². The Bertz CT molecular complexity index is 1420. The van der Waals surface area contributed by atoms with Crippen LogP contribution in [-0.4, -0.2) is 34.9 Å². The van der Waals surface area contributed by atoms with Gasteiger partial charge in [-0.1, -0.05) is 42.5 Å². The van der Waals surface area contributed by atoms with E-state index in [1.54, 1.807) is 24.3 Å². The molecule has 0 aromatic heterocycles. The van der Waals surface area contributed by atoms with Crippen molar-refractivity contribution in [1.29, 1.82) is 0 Å². The number of carboxylic acids is 1. The van der Waals surface area contributed by atoms with Crippen LogP contribution in [0.25, 0.3) is 5.57 Å². The largest absolute Gasteiger partial charge is 0.481 e. The van der Waals surface area contributed by atoms with E-state index in [0.29, 0.717) is 17.7 Å². The van der Waals surface area contributed by atoms with Gasteiger partial charge in [-0.15, -0.1) is 0 Å². The molecule has 0 bridgehead atoms. The molecule has 0 spiro atoms. The van der Waals surface area contributed by atoms with Crippen molar-refractivity contribution in [2.75, 3.05) is 11.9 Å². The Balaban J connectivity index is 1.52. The van der Waals surface area contributed by atoms with Gasteiger partial charge >= 0.3 is 11.5 Å². The molecule has 0 aliphatic heterocycles. The van der Waals surface area contributed by atoms with Gasteiger partial charge in [-0.3, -0.25) is 14.4 Å². The summed E-state index contributed by atoms with van der Waals surface area (Å²) >= 11 is -0.217. The van der Waals surface area contributed by atoms with E-state index in [1.807, 2.05) is 24.3 Å². The third kappa shape index (κ3) is 9.24. The molecule has 0 heterocycles. The molecule has 0 fully saturated rings. The van der Waals surface area contributed by atoms with Gasteiger partial charge in [-0.05, 0) is 103 Å². The van der Waals surface area contributed by atoms with Crippen LogP contribution in [0.2, 0.25) is 0 Å². The van der Waals surface area contributed by atoms with Gasteiger partial charge in [0.25, 0.3) is 5.91 Å². The fourth-order valence-electron chi connectivity index (χ4n) is 4.77. The van der Waals surface area contributed by atoms with Gasteiger partial charge in [0, 0.05) is 22.7 Å². The van der Waals surface area contributed by atoms with Gasteiger partial charge < -0.3 is 15.7 Å². The lowest BCUT2D eigenvalue weighted by atomic mass is 9.88. The monoisotopic (exact) mass is 596 g/mol. The van der Waals surface area contributed by atoms with Crippen LogP contribution >= 0.6 is 11.8 Å². The summed E-state index contributed by atoms with van der Waals surface area (Å²) in [4.78, 5) is 36.6. The summed E-state index contributed by atoms with van der Waals surface area (Å²) < 4.78 is 38.1. The Labute approximate surface area is 246 Å². The fourth-order valence-corrected chi connectivity index (χ4v) is 5.31. The molecule has 3 aromatic rings. The number of thioether (sulfide) groups is 1. The normalized spacial score (nSPS) is 14.0. The van der Waals surface area contributed by atoms with Gasteiger partial charge in [0.15, 0.2) is 0 Å². The Hall–Kier alpha value is -4.05. The molecule has 1 atom stereocenters. The zero-order chi connectivity index (χ0) is 30.1. The van der Waals surface area contributed by atoms with Gasteiger partial charge in [0.2, 0.25) is 5.91 Å². The molecule has 4 rings (SSSR count). The van der Waals surface area contributed by atoms with Crippen molar-refractivity contribution in [3.63, 3.8) is 0 Å². The van der Waals surface area contributed by atoms with E-state index in [4.69, 9.17) is 5.11 Å². The summed E-state index contributed by atoms with van der Waals surface area (Å²) in [7, 11) is 0. The van der Waals surface area contributed by atoms with Crippen LogP contribution in [0.15, 0.2) is 83.8 Å². The smallest absolute Gasteiger partial charge is 0.446 e. The van der Waals surface area contributed by atoms with E-state index in [9.17, 15) is 27.6 Å². The quantitative estimate of drug-likeness (QED) is 0.200. The summed E-state index contributed by atoms with van der Waals surface area (Å²) in [5, 5.41) is 14.2. The van der Waals surface area contributed by atoms with Crippen LogP contribution in [0, 0.1) is 0 Å². The van der Waals surface area contributed by atoms with Gasteiger partial charge in [0.05, 0.1) is 12.3 Å². The van der Waals surface area contributed by atoms with Crippen LogP contribution in [0.4, 0.5) is 18.9 Å². The average Bonchev–Trinajstić information content (AvgIpc) is 2.97. The standard InChI is InChI=1S/C32H31F3N2O4S/c33-32(34,35)42-27-16-14-26(15-17-27)37-31(41)28(24-12-10-23(11-13-24)22-4-2-1-3-5-22)20-21-6-8-25(9-7-21)30(40)36-19-18-29(38)39/h4,6-17,28H,1-3,5,18-20H2,(H,36,40)(H,37,41)(H,38,39). The number of benzene rings is 3. The average molecular weight is 597 g/mol. The van der Waals surface area contributed by atoms with Crippen LogP contribution in [0.3, 0.4) is 0 Å². The molecule has 42 heavy (non-hydrogen) atoms. The van der Waals surface area contributed by atoms with Crippen molar-refractivity contribution in [3.8, 4) is 0 Å². The lowest BCUT2D eigenvalue weighted by molar-refractivity contribution is -0.136. The molecular weight excluding hydrogens is 565 g/mol. The number of halogens is 3. The highest BCUT2D eigenvalue weighted by Crippen LogP contribution is 2.37. The summed E-state index contributed by atoms with van der Waals surface area (Å²) in [6.45, 7) is 0.0148. The van der Waals surface area contributed by atoms with Crippen LogP contribution in [-0.2, 0) is 16.0 Å². The van der Waals surface area contributed by atoms with Gasteiger partial charge in [-0.2, -0.15) is 13.2 Å². The highest BCUT2D eigenvalue weighted by Gasteiger charge is 2.29. The van der Waals surface area contributed by atoms with E-state index in [1.165, 1.54) is 36.3 Å². The van der Waals surface area contributed by atoms with Crippen molar-refractivity contribution < 1.29 is 32.7 Å². The van der Waals surface area contributed by atoms with Crippen molar-refractivity contribution in [1.82, 2.24) is 5.32 Å². The highest BCUT2D eigenvalue weighted by molar-refractivity contribution is 8.00. The summed E-state index contributed by atoms with van der Waals surface area (Å²) in [5.41, 5.74) is 0.350. The minimum absolute atomic E-state index is 0.0148. The molecule has 3 N–H and O–H groups in total. The molecule has 0 saturated carbocycles. The first-order valence-electron chi connectivity index (χ1n) is 13.6. The molecule has 220 valence electrons. The minimum atomic E-state index is -4.40. The van der Waals surface area contributed by atoms with Gasteiger partial charge in [0.1, 0.15) is 0 Å². The molecule has 3 aromatic carbocycles. The Morgan fingerprint density at radius 3 is 2.19 bits per heavy atom. The summed E-state index contributed by atoms with van der Waals surface area (Å²) in [6, 6.07) is 20.1. The lowest BCUT2D eigenvalue weighted by Gasteiger charge is -2.19. The second-order valence-corrected chi connectivity index (χ2v) is 11.2. The number of aliphatic carboxylic acids is 1. The van der Waals surface area contributed by atoms with Crippen LogP contribution in [0.5, 0.6) is 0 Å². The fraction of sp³-hybridized carbons (Fsp3) is 0.281. The number of amides is 2. The van der Waals surface area contributed by atoms with E-state index in [2.05, 4.69) is 16.7 Å². The van der Waals surface area contributed by atoms with Crippen molar-refractivity contribution in [3.05, 3.63) is 101 Å². The Morgan fingerprint density at radius 1 is 0.905 bits per heavy atom. The lowest BCUT2D eigenvalue weighted by Crippen LogP contribution is -2.26. The Kier molecular flexibility index (Phi) is 10.5. The number of carboxylic acid groups (broad SMARTS) is 1. The topological polar surface area (TPSA) is 95.5 Å². The zero-order valence-electron chi connectivity index (χ0n) is 22.7.